The van der Waals surface area contributed by atoms with E-state index in [4.69, 9.17) is 0 Å². The maximum absolute atomic E-state index is 12.5. The first-order valence-electron chi connectivity index (χ1n) is 7.34. The van der Waals surface area contributed by atoms with Gasteiger partial charge in [0.25, 0.3) is 0 Å². The van der Waals surface area contributed by atoms with Crippen molar-refractivity contribution in [1.29, 1.82) is 0 Å². The van der Waals surface area contributed by atoms with Crippen LogP contribution in [0.25, 0.3) is 22.2 Å². The van der Waals surface area contributed by atoms with Gasteiger partial charge in [-0.05, 0) is 32.0 Å². The topological polar surface area (TPSA) is 72.2 Å². The fourth-order valence-electron chi connectivity index (χ4n) is 2.69. The molecule has 0 aliphatic rings. The second kappa shape index (κ2) is 5.68. The first kappa shape index (κ1) is 15.0. The Hall–Kier alpha value is -2.95. The number of aromatic carboxylic acids is 1. The van der Waals surface area contributed by atoms with E-state index >= 15 is 0 Å². The quantitative estimate of drug-likeness (QED) is 0.805. The first-order chi connectivity index (χ1) is 11.0. The van der Waals surface area contributed by atoms with E-state index in [1.807, 2.05) is 44.2 Å². The molecule has 23 heavy (non-hydrogen) atoms. The Bertz CT molecular complexity index is 944. The molecule has 0 bridgehead atoms. The van der Waals surface area contributed by atoms with E-state index in [1.165, 1.54) is 16.7 Å². The van der Waals surface area contributed by atoms with Gasteiger partial charge in [0.15, 0.2) is 0 Å². The van der Waals surface area contributed by atoms with Crippen LogP contribution in [0.5, 0.6) is 0 Å². The van der Waals surface area contributed by atoms with Crippen molar-refractivity contribution in [2.45, 2.75) is 19.9 Å². The molecule has 3 rings (SSSR count). The molecule has 2 aromatic carbocycles. The summed E-state index contributed by atoms with van der Waals surface area (Å²) in [5.41, 5.74) is 1.75. The Morgan fingerprint density at radius 2 is 1.83 bits per heavy atom. The molecule has 1 heterocycles. The fraction of sp³-hybridized carbons (Fsp3) is 0.167. The Morgan fingerprint density at radius 1 is 1.13 bits per heavy atom. The summed E-state index contributed by atoms with van der Waals surface area (Å²) in [5.74, 6) is -1.02. The number of carbonyl (C=O) groups is 1. The lowest BCUT2D eigenvalue weighted by atomic mass is 10.0. The predicted octanol–water partition coefficient (Wildman–Crippen LogP) is 3.34. The van der Waals surface area contributed by atoms with Crippen molar-refractivity contribution in [3.05, 3.63) is 64.6 Å². The van der Waals surface area contributed by atoms with Crippen molar-refractivity contribution in [3.63, 3.8) is 0 Å². The molecule has 0 atom stereocenters. The van der Waals surface area contributed by atoms with E-state index in [1.54, 1.807) is 6.07 Å². The van der Waals surface area contributed by atoms with Crippen LogP contribution in [-0.2, 0) is 0 Å². The minimum atomic E-state index is -1.02. The van der Waals surface area contributed by atoms with Crippen LogP contribution in [0.4, 0.5) is 0 Å². The number of carboxylic acids is 1. The molecule has 0 radical (unpaired) electrons. The van der Waals surface area contributed by atoms with Crippen LogP contribution in [0, 0.1) is 0 Å². The monoisotopic (exact) mass is 308 g/mol. The zero-order chi connectivity index (χ0) is 16.6. The van der Waals surface area contributed by atoms with Crippen LogP contribution in [0.2, 0.25) is 0 Å². The lowest BCUT2D eigenvalue weighted by molar-refractivity contribution is 0.0697. The van der Waals surface area contributed by atoms with Crippen LogP contribution >= 0.6 is 0 Å². The van der Waals surface area contributed by atoms with Crippen LogP contribution in [0.3, 0.4) is 0 Å². The Labute approximate surface area is 132 Å². The molecule has 0 amide bonds. The van der Waals surface area contributed by atoms with Crippen molar-refractivity contribution in [2.24, 2.45) is 0 Å². The van der Waals surface area contributed by atoms with E-state index < -0.39 is 5.97 Å². The second-order valence-corrected chi connectivity index (χ2v) is 5.61. The maximum Gasteiger partial charge on any atom is 0.348 e. The van der Waals surface area contributed by atoms with Gasteiger partial charge in [0.1, 0.15) is 0 Å². The minimum absolute atomic E-state index is 0.119. The van der Waals surface area contributed by atoms with Gasteiger partial charge < -0.3 is 5.11 Å². The van der Waals surface area contributed by atoms with Crippen LogP contribution < -0.4 is 5.69 Å². The van der Waals surface area contributed by atoms with Gasteiger partial charge in [-0.1, -0.05) is 30.3 Å². The SMILES string of the molecule is CC(C)n1c(=O)nc(-c2ccccc2)c2ccc(C(=O)O)cc21. The van der Waals surface area contributed by atoms with Crippen LogP contribution in [0.15, 0.2) is 53.3 Å². The highest BCUT2D eigenvalue weighted by Gasteiger charge is 2.15. The Morgan fingerprint density at radius 3 is 2.43 bits per heavy atom. The van der Waals surface area contributed by atoms with Gasteiger partial charge in [-0.15, -0.1) is 0 Å². The molecular formula is C18H16N2O3. The molecule has 0 saturated heterocycles. The molecule has 5 nitrogen and oxygen atoms in total. The molecular weight excluding hydrogens is 292 g/mol. The largest absolute Gasteiger partial charge is 0.478 e. The normalized spacial score (nSPS) is 11.1. The number of hydrogen-bond donors (Lipinski definition) is 1. The summed E-state index contributed by atoms with van der Waals surface area (Å²) in [6.07, 6.45) is 0. The second-order valence-electron chi connectivity index (χ2n) is 5.61. The molecule has 0 unspecified atom stereocenters. The Balaban J connectivity index is 2.43. The van der Waals surface area contributed by atoms with Crippen molar-refractivity contribution in [3.8, 4) is 11.3 Å². The third kappa shape index (κ3) is 2.61. The molecule has 3 aromatic rings. The van der Waals surface area contributed by atoms with Crippen molar-refractivity contribution in [1.82, 2.24) is 9.55 Å². The van der Waals surface area contributed by atoms with E-state index in [2.05, 4.69) is 4.98 Å². The number of rotatable bonds is 3. The number of carboxylic acid groups (broad SMARTS) is 1. The van der Waals surface area contributed by atoms with Crippen LogP contribution in [-0.4, -0.2) is 20.6 Å². The molecule has 0 aliphatic carbocycles. The summed E-state index contributed by atoms with van der Waals surface area (Å²) in [4.78, 5) is 27.9. The maximum atomic E-state index is 12.5. The number of fused-ring (bicyclic) bond motifs is 1. The molecule has 0 fully saturated rings. The van der Waals surface area contributed by atoms with Crippen molar-refractivity contribution < 1.29 is 9.90 Å². The number of benzene rings is 2. The van der Waals surface area contributed by atoms with Gasteiger partial charge in [0.2, 0.25) is 0 Å². The van der Waals surface area contributed by atoms with Crippen molar-refractivity contribution in [2.75, 3.05) is 0 Å². The molecule has 1 N–H and O–H groups in total. The van der Waals surface area contributed by atoms with Crippen LogP contribution in [0.1, 0.15) is 30.2 Å². The number of hydrogen-bond acceptors (Lipinski definition) is 3. The molecule has 116 valence electrons. The molecule has 0 aliphatic heterocycles. The number of aromatic nitrogens is 2. The minimum Gasteiger partial charge on any atom is -0.478 e. The van der Waals surface area contributed by atoms with Gasteiger partial charge in [-0.25, -0.2) is 9.59 Å². The van der Waals surface area contributed by atoms with Gasteiger partial charge in [-0.2, -0.15) is 4.98 Å². The third-order valence-electron chi connectivity index (χ3n) is 3.74. The summed E-state index contributed by atoms with van der Waals surface area (Å²) < 4.78 is 1.52. The van der Waals surface area contributed by atoms with Gasteiger partial charge in [-0.3, -0.25) is 4.57 Å². The van der Waals surface area contributed by atoms with E-state index in [-0.39, 0.29) is 17.3 Å². The molecule has 0 saturated carbocycles. The average molecular weight is 308 g/mol. The Kier molecular flexibility index (Phi) is 3.70. The predicted molar refractivity (Wildman–Crippen MR) is 88.8 cm³/mol. The highest BCUT2D eigenvalue weighted by molar-refractivity contribution is 5.98. The van der Waals surface area contributed by atoms with Crippen molar-refractivity contribution >= 4 is 16.9 Å². The van der Waals surface area contributed by atoms with E-state index in [0.717, 1.165) is 10.9 Å². The summed E-state index contributed by atoms with van der Waals surface area (Å²) in [6.45, 7) is 3.75. The summed E-state index contributed by atoms with van der Waals surface area (Å²) >= 11 is 0. The van der Waals surface area contributed by atoms with E-state index in [0.29, 0.717) is 11.2 Å². The van der Waals surface area contributed by atoms with Gasteiger partial charge >= 0.3 is 11.7 Å². The third-order valence-corrected chi connectivity index (χ3v) is 3.74. The highest BCUT2D eigenvalue weighted by atomic mass is 16.4. The number of nitrogens with zero attached hydrogens (tertiary/aromatic N) is 2. The zero-order valence-corrected chi connectivity index (χ0v) is 12.9. The fourth-order valence-corrected chi connectivity index (χ4v) is 2.69. The van der Waals surface area contributed by atoms with Gasteiger partial charge in [0.05, 0.1) is 16.8 Å². The zero-order valence-electron chi connectivity index (χ0n) is 12.9. The first-order valence-corrected chi connectivity index (χ1v) is 7.34. The molecule has 0 spiro atoms. The van der Waals surface area contributed by atoms with E-state index in [9.17, 15) is 14.7 Å². The standard InChI is InChI=1S/C18H16N2O3/c1-11(2)20-15-10-13(17(21)22)8-9-14(15)16(19-18(20)23)12-6-4-3-5-7-12/h3-11H,1-2H3,(H,21,22). The van der Waals surface area contributed by atoms with Gasteiger partial charge in [0, 0.05) is 17.0 Å². The molecule has 5 heteroatoms. The smallest absolute Gasteiger partial charge is 0.348 e. The highest BCUT2D eigenvalue weighted by Crippen LogP contribution is 2.27. The summed E-state index contributed by atoms with van der Waals surface area (Å²) in [7, 11) is 0. The summed E-state index contributed by atoms with van der Waals surface area (Å²) in [6, 6.07) is 14.1. The lowest BCUT2D eigenvalue weighted by Gasteiger charge is -2.16. The average Bonchev–Trinajstić information content (AvgIpc) is 2.53. The summed E-state index contributed by atoms with van der Waals surface area (Å²) in [5, 5.41) is 9.99. The molecule has 1 aromatic heterocycles. The lowest BCUT2D eigenvalue weighted by Crippen LogP contribution is -2.25.